The molecule has 0 fully saturated rings. The van der Waals surface area contributed by atoms with E-state index in [0.29, 0.717) is 10.7 Å². The van der Waals surface area contributed by atoms with Crippen molar-refractivity contribution in [3.05, 3.63) is 98.0 Å². The predicted octanol–water partition coefficient (Wildman–Crippen LogP) is 4.24. The molecule has 172 valence electrons. The second kappa shape index (κ2) is 11.0. The number of hydrazone groups is 1. The average molecular weight is 500 g/mol. The van der Waals surface area contributed by atoms with Gasteiger partial charge in [0.05, 0.1) is 22.4 Å². The lowest BCUT2D eigenvalue weighted by Gasteiger charge is -2.11. The summed E-state index contributed by atoms with van der Waals surface area (Å²) in [6, 6.07) is 16.5. The van der Waals surface area contributed by atoms with Crippen LogP contribution in [0, 0.1) is 10.1 Å². The van der Waals surface area contributed by atoms with Gasteiger partial charge in [0.25, 0.3) is 11.6 Å². The number of nitrogens with one attached hydrogen (secondary N) is 3. The molecule has 0 saturated carbocycles. The van der Waals surface area contributed by atoms with Crippen molar-refractivity contribution in [3.63, 3.8) is 0 Å². The van der Waals surface area contributed by atoms with Gasteiger partial charge in [-0.1, -0.05) is 41.4 Å². The van der Waals surface area contributed by atoms with Gasteiger partial charge in [-0.3, -0.25) is 24.5 Å². The quantitative estimate of drug-likeness (QED) is 0.201. The molecule has 0 heterocycles. The summed E-state index contributed by atoms with van der Waals surface area (Å²) in [5.74, 6) is -2.71. The number of carbonyl (C=O) groups is 3. The smallest absolute Gasteiger partial charge is 0.322 e. The number of amides is 3. The SMILES string of the molecule is O=C(N/N=C/c1ccc(Cl)c([N+](=O)[O-])c1)C(=O)Nc1ccccc1C(=O)Nc1ccc(Cl)cc1. The minimum absolute atomic E-state index is 0.0515. The fourth-order valence-corrected chi connectivity index (χ4v) is 2.98. The monoisotopic (exact) mass is 499 g/mol. The number of para-hydroxylation sites is 1. The lowest BCUT2D eigenvalue weighted by atomic mass is 10.1. The van der Waals surface area contributed by atoms with Gasteiger partial charge in [-0.2, -0.15) is 5.10 Å². The maximum atomic E-state index is 12.6. The van der Waals surface area contributed by atoms with Crippen LogP contribution < -0.4 is 16.1 Å². The molecule has 0 saturated heterocycles. The van der Waals surface area contributed by atoms with E-state index in [1.54, 1.807) is 36.4 Å². The molecule has 0 atom stereocenters. The maximum absolute atomic E-state index is 12.6. The molecule has 0 aliphatic rings. The molecule has 34 heavy (non-hydrogen) atoms. The Morgan fingerprint density at radius 2 is 1.62 bits per heavy atom. The molecule has 0 bridgehead atoms. The molecule has 12 heteroatoms. The minimum Gasteiger partial charge on any atom is -0.322 e. The molecule has 0 aromatic heterocycles. The van der Waals surface area contributed by atoms with Crippen molar-refractivity contribution in [2.45, 2.75) is 0 Å². The Kier molecular flexibility index (Phi) is 7.91. The molecule has 3 rings (SSSR count). The summed E-state index contributed by atoms with van der Waals surface area (Å²) in [6.45, 7) is 0. The third-order valence-corrected chi connectivity index (χ3v) is 4.85. The number of hydrogen-bond donors (Lipinski definition) is 3. The van der Waals surface area contributed by atoms with Gasteiger partial charge in [-0.15, -0.1) is 0 Å². The van der Waals surface area contributed by atoms with Crippen molar-refractivity contribution in [1.82, 2.24) is 5.43 Å². The van der Waals surface area contributed by atoms with Crippen LogP contribution in [0.25, 0.3) is 0 Å². The first-order chi connectivity index (χ1) is 16.2. The van der Waals surface area contributed by atoms with Crippen molar-refractivity contribution < 1.29 is 19.3 Å². The van der Waals surface area contributed by atoms with Crippen LogP contribution in [0.1, 0.15) is 15.9 Å². The van der Waals surface area contributed by atoms with Gasteiger partial charge in [0, 0.05) is 22.3 Å². The van der Waals surface area contributed by atoms with Gasteiger partial charge in [0.1, 0.15) is 5.02 Å². The van der Waals surface area contributed by atoms with Crippen LogP contribution in [0.5, 0.6) is 0 Å². The van der Waals surface area contributed by atoms with Crippen LogP contribution >= 0.6 is 23.2 Å². The molecule has 3 amide bonds. The number of hydrogen-bond acceptors (Lipinski definition) is 6. The molecular formula is C22H15Cl2N5O5. The highest BCUT2D eigenvalue weighted by atomic mass is 35.5. The van der Waals surface area contributed by atoms with Gasteiger partial charge >= 0.3 is 11.8 Å². The van der Waals surface area contributed by atoms with Crippen LogP contribution in [-0.4, -0.2) is 28.9 Å². The van der Waals surface area contributed by atoms with Crippen molar-refractivity contribution in [2.75, 3.05) is 10.6 Å². The molecule has 10 nitrogen and oxygen atoms in total. The van der Waals surface area contributed by atoms with E-state index in [1.165, 1.54) is 24.3 Å². The van der Waals surface area contributed by atoms with Gasteiger partial charge in [-0.05, 0) is 42.5 Å². The first kappa shape index (κ1) is 24.4. The Bertz CT molecular complexity index is 1300. The molecule has 3 aromatic rings. The Balaban J connectivity index is 1.64. The van der Waals surface area contributed by atoms with E-state index in [0.717, 1.165) is 12.3 Å². The first-order valence-corrected chi connectivity index (χ1v) is 10.2. The zero-order valence-electron chi connectivity index (χ0n) is 17.1. The van der Waals surface area contributed by atoms with E-state index in [2.05, 4.69) is 15.7 Å². The van der Waals surface area contributed by atoms with Crippen LogP contribution in [0.15, 0.2) is 71.8 Å². The summed E-state index contributed by atoms with van der Waals surface area (Å²) in [7, 11) is 0. The predicted molar refractivity (Wildman–Crippen MR) is 128 cm³/mol. The Morgan fingerprint density at radius 3 is 2.32 bits per heavy atom. The summed E-state index contributed by atoms with van der Waals surface area (Å²) in [5, 5.41) is 20.0. The zero-order valence-corrected chi connectivity index (χ0v) is 18.6. The van der Waals surface area contributed by atoms with Gasteiger partial charge in [0.15, 0.2) is 0 Å². The van der Waals surface area contributed by atoms with Crippen molar-refractivity contribution in [1.29, 1.82) is 0 Å². The standard InChI is InChI=1S/C22H15Cl2N5O5/c23-14-6-8-15(9-7-14)26-20(30)16-3-1-2-4-18(16)27-21(31)22(32)28-25-12-13-5-10-17(24)19(11-13)29(33)34/h1-12H,(H,26,30)(H,27,31)(H,28,32)/b25-12+. The number of carbonyl (C=O) groups excluding carboxylic acids is 3. The third kappa shape index (κ3) is 6.37. The largest absolute Gasteiger partial charge is 0.329 e. The normalized spacial score (nSPS) is 10.5. The second-order valence-electron chi connectivity index (χ2n) is 6.63. The summed E-state index contributed by atoms with van der Waals surface area (Å²) in [4.78, 5) is 47.2. The van der Waals surface area contributed by atoms with E-state index < -0.39 is 22.6 Å². The lowest BCUT2D eigenvalue weighted by molar-refractivity contribution is -0.384. The Labute approximate surface area is 202 Å². The molecule has 0 unspecified atom stereocenters. The van der Waals surface area contributed by atoms with E-state index in [9.17, 15) is 24.5 Å². The summed E-state index contributed by atoms with van der Waals surface area (Å²) in [6.07, 6.45) is 1.11. The number of nitro groups is 1. The molecule has 0 aliphatic heterocycles. The number of halogens is 2. The van der Waals surface area contributed by atoms with Gasteiger partial charge in [0.2, 0.25) is 0 Å². The lowest BCUT2D eigenvalue weighted by Crippen LogP contribution is -2.33. The minimum atomic E-state index is -1.12. The van der Waals surface area contributed by atoms with E-state index in [1.807, 2.05) is 5.43 Å². The summed E-state index contributed by atoms with van der Waals surface area (Å²) < 4.78 is 0. The summed E-state index contributed by atoms with van der Waals surface area (Å²) in [5.41, 5.74) is 2.67. The number of rotatable bonds is 6. The van der Waals surface area contributed by atoms with E-state index >= 15 is 0 Å². The molecule has 0 radical (unpaired) electrons. The molecule has 3 N–H and O–H groups in total. The summed E-state index contributed by atoms with van der Waals surface area (Å²) >= 11 is 11.6. The van der Waals surface area contributed by atoms with Crippen LogP contribution in [0.2, 0.25) is 10.0 Å². The zero-order chi connectivity index (χ0) is 24.7. The number of nitro benzene ring substituents is 1. The molecule has 0 aliphatic carbocycles. The topological polar surface area (TPSA) is 143 Å². The van der Waals surface area contributed by atoms with Crippen molar-refractivity contribution >= 4 is 64.2 Å². The highest BCUT2D eigenvalue weighted by Gasteiger charge is 2.18. The second-order valence-corrected chi connectivity index (χ2v) is 7.47. The van der Waals surface area contributed by atoms with E-state index in [-0.39, 0.29) is 27.5 Å². The fraction of sp³-hybridized carbons (Fsp3) is 0. The van der Waals surface area contributed by atoms with Gasteiger partial charge in [-0.25, -0.2) is 5.43 Å². The Hall–Kier alpha value is -4.28. The van der Waals surface area contributed by atoms with Crippen LogP contribution in [0.4, 0.5) is 17.1 Å². The average Bonchev–Trinajstić information content (AvgIpc) is 2.81. The van der Waals surface area contributed by atoms with Crippen molar-refractivity contribution in [3.8, 4) is 0 Å². The molecule has 3 aromatic carbocycles. The molecular weight excluding hydrogens is 485 g/mol. The first-order valence-electron chi connectivity index (χ1n) is 9.49. The number of nitrogens with zero attached hydrogens (tertiary/aromatic N) is 2. The van der Waals surface area contributed by atoms with Crippen LogP contribution in [-0.2, 0) is 9.59 Å². The number of benzene rings is 3. The van der Waals surface area contributed by atoms with Gasteiger partial charge < -0.3 is 10.6 Å². The third-order valence-electron chi connectivity index (χ3n) is 4.27. The molecule has 0 spiro atoms. The fourth-order valence-electron chi connectivity index (χ4n) is 2.67. The van der Waals surface area contributed by atoms with Crippen molar-refractivity contribution in [2.24, 2.45) is 5.10 Å². The van der Waals surface area contributed by atoms with Crippen LogP contribution in [0.3, 0.4) is 0 Å². The maximum Gasteiger partial charge on any atom is 0.329 e. The van der Waals surface area contributed by atoms with E-state index in [4.69, 9.17) is 23.2 Å². The Morgan fingerprint density at radius 1 is 0.912 bits per heavy atom. The highest BCUT2D eigenvalue weighted by molar-refractivity contribution is 6.40. The number of anilines is 2. The highest BCUT2D eigenvalue weighted by Crippen LogP contribution is 2.24.